The average molecular weight is 186 g/mol. The van der Waals surface area contributed by atoms with Crippen LogP contribution in [0.15, 0.2) is 0 Å². The minimum Gasteiger partial charge on any atom is -0.393 e. The van der Waals surface area contributed by atoms with Crippen LogP contribution in [0.1, 0.15) is 26.2 Å². The smallest absolute Gasteiger partial charge is 0.0547 e. The van der Waals surface area contributed by atoms with Crippen LogP contribution in [0, 0.1) is 5.92 Å². The van der Waals surface area contributed by atoms with Crippen LogP contribution in [-0.2, 0) is 0 Å². The zero-order chi connectivity index (χ0) is 9.35. The van der Waals surface area contributed by atoms with Crippen LogP contribution in [0.2, 0.25) is 25.2 Å². The van der Waals surface area contributed by atoms with Crippen LogP contribution in [-0.4, -0.2) is 19.3 Å². The Labute approximate surface area is 77.2 Å². The molecule has 0 saturated heterocycles. The van der Waals surface area contributed by atoms with Crippen molar-refractivity contribution in [2.75, 3.05) is 0 Å². The maximum Gasteiger partial charge on any atom is 0.0547 e. The molecule has 1 aliphatic rings. The molecule has 3 atom stereocenters. The minimum atomic E-state index is -1.10. The third kappa shape index (κ3) is 2.33. The number of aliphatic hydroxyl groups is 1. The van der Waals surface area contributed by atoms with Gasteiger partial charge in [-0.15, -0.1) is 0 Å². The SMILES string of the molecule is CC1CCC([Si](C)(C)C)C(O)C1. The first-order valence-corrected chi connectivity index (χ1v) is 8.67. The molecular weight excluding hydrogens is 164 g/mol. The third-order valence-corrected chi connectivity index (χ3v) is 6.09. The molecule has 0 aromatic heterocycles. The lowest BCUT2D eigenvalue weighted by Gasteiger charge is -2.38. The summed E-state index contributed by atoms with van der Waals surface area (Å²) in [6, 6.07) is 0. The molecule has 72 valence electrons. The zero-order valence-electron chi connectivity index (χ0n) is 8.80. The van der Waals surface area contributed by atoms with Gasteiger partial charge in [0.15, 0.2) is 0 Å². The van der Waals surface area contributed by atoms with Crippen molar-refractivity contribution in [2.45, 2.75) is 57.5 Å². The highest BCUT2D eigenvalue weighted by Gasteiger charge is 2.36. The van der Waals surface area contributed by atoms with E-state index in [1.165, 1.54) is 12.8 Å². The fourth-order valence-corrected chi connectivity index (χ4v) is 4.68. The summed E-state index contributed by atoms with van der Waals surface area (Å²) < 4.78 is 0. The molecule has 1 N–H and O–H groups in total. The molecule has 1 aliphatic carbocycles. The van der Waals surface area contributed by atoms with Gasteiger partial charge in [0.05, 0.1) is 14.2 Å². The van der Waals surface area contributed by atoms with E-state index in [2.05, 4.69) is 26.6 Å². The molecule has 1 saturated carbocycles. The molecule has 3 unspecified atom stereocenters. The van der Waals surface area contributed by atoms with Crippen molar-refractivity contribution in [2.24, 2.45) is 5.92 Å². The van der Waals surface area contributed by atoms with Gasteiger partial charge < -0.3 is 5.11 Å². The summed E-state index contributed by atoms with van der Waals surface area (Å²) in [5, 5.41) is 9.91. The Kier molecular flexibility index (Phi) is 3.00. The van der Waals surface area contributed by atoms with Gasteiger partial charge in [-0.25, -0.2) is 0 Å². The van der Waals surface area contributed by atoms with Crippen molar-refractivity contribution in [3.05, 3.63) is 0 Å². The van der Waals surface area contributed by atoms with E-state index in [-0.39, 0.29) is 6.10 Å². The van der Waals surface area contributed by atoms with Gasteiger partial charge in [0.1, 0.15) is 0 Å². The summed E-state index contributed by atoms with van der Waals surface area (Å²) in [4.78, 5) is 0. The number of hydrogen-bond donors (Lipinski definition) is 1. The van der Waals surface area contributed by atoms with Gasteiger partial charge in [-0.1, -0.05) is 39.4 Å². The molecule has 12 heavy (non-hydrogen) atoms. The van der Waals surface area contributed by atoms with Crippen molar-refractivity contribution in [3.8, 4) is 0 Å². The Morgan fingerprint density at radius 3 is 2.17 bits per heavy atom. The fourth-order valence-electron chi connectivity index (χ4n) is 2.36. The van der Waals surface area contributed by atoms with Gasteiger partial charge in [0, 0.05) is 0 Å². The van der Waals surface area contributed by atoms with Gasteiger partial charge in [-0.2, -0.15) is 0 Å². The summed E-state index contributed by atoms with van der Waals surface area (Å²) in [7, 11) is -1.10. The minimum absolute atomic E-state index is 0.000386. The molecule has 0 heterocycles. The summed E-state index contributed by atoms with van der Waals surface area (Å²) >= 11 is 0. The Morgan fingerprint density at radius 2 is 1.75 bits per heavy atom. The molecule has 1 nitrogen and oxygen atoms in total. The summed E-state index contributed by atoms with van der Waals surface area (Å²) in [5.41, 5.74) is 0.647. The number of aliphatic hydroxyl groups excluding tert-OH is 1. The summed E-state index contributed by atoms with van der Waals surface area (Å²) in [6.07, 6.45) is 3.62. The van der Waals surface area contributed by atoms with Crippen LogP contribution < -0.4 is 0 Å². The van der Waals surface area contributed by atoms with Crippen LogP contribution in [0.5, 0.6) is 0 Å². The second kappa shape index (κ2) is 3.50. The van der Waals surface area contributed by atoms with E-state index in [9.17, 15) is 5.11 Å². The molecule has 0 amide bonds. The Morgan fingerprint density at radius 1 is 1.17 bits per heavy atom. The molecular formula is C10H22OSi. The van der Waals surface area contributed by atoms with Crippen molar-refractivity contribution < 1.29 is 5.11 Å². The highest BCUT2D eigenvalue weighted by atomic mass is 28.3. The molecule has 0 radical (unpaired) electrons. The maximum absolute atomic E-state index is 9.91. The van der Waals surface area contributed by atoms with Gasteiger partial charge in [0.2, 0.25) is 0 Å². The molecule has 1 rings (SSSR count). The number of hydrogen-bond acceptors (Lipinski definition) is 1. The fraction of sp³-hybridized carbons (Fsp3) is 1.00. The van der Waals surface area contributed by atoms with E-state index in [1.54, 1.807) is 0 Å². The summed E-state index contributed by atoms with van der Waals surface area (Å²) in [5.74, 6) is 0.743. The predicted molar refractivity (Wildman–Crippen MR) is 56.1 cm³/mol. The first-order valence-electron chi connectivity index (χ1n) is 5.09. The van der Waals surface area contributed by atoms with Crippen molar-refractivity contribution in [1.82, 2.24) is 0 Å². The second-order valence-corrected chi connectivity index (χ2v) is 10.9. The van der Waals surface area contributed by atoms with Crippen molar-refractivity contribution in [3.63, 3.8) is 0 Å². The lowest BCUT2D eigenvalue weighted by Crippen LogP contribution is -2.39. The number of rotatable bonds is 1. The Bertz CT molecular complexity index is 150. The van der Waals surface area contributed by atoms with Crippen LogP contribution in [0.3, 0.4) is 0 Å². The normalized spacial score (nSPS) is 38.2. The first-order chi connectivity index (χ1) is 5.41. The first kappa shape index (κ1) is 10.3. The van der Waals surface area contributed by atoms with Crippen molar-refractivity contribution >= 4 is 8.07 Å². The molecule has 0 aromatic rings. The molecule has 1 fully saturated rings. The van der Waals surface area contributed by atoms with E-state index in [4.69, 9.17) is 0 Å². The third-order valence-electron chi connectivity index (χ3n) is 3.19. The van der Waals surface area contributed by atoms with Crippen LogP contribution in [0.25, 0.3) is 0 Å². The molecule has 0 aromatic carbocycles. The molecule has 0 spiro atoms. The van der Waals surface area contributed by atoms with Gasteiger partial charge in [-0.3, -0.25) is 0 Å². The van der Waals surface area contributed by atoms with Crippen LogP contribution in [0.4, 0.5) is 0 Å². The van der Waals surface area contributed by atoms with E-state index in [0.717, 1.165) is 12.3 Å². The largest absolute Gasteiger partial charge is 0.393 e. The van der Waals surface area contributed by atoms with E-state index < -0.39 is 8.07 Å². The van der Waals surface area contributed by atoms with E-state index in [0.29, 0.717) is 5.54 Å². The molecule has 2 heteroatoms. The molecule has 0 bridgehead atoms. The monoisotopic (exact) mass is 186 g/mol. The maximum atomic E-state index is 9.91. The predicted octanol–water partition coefficient (Wildman–Crippen LogP) is 2.88. The molecule has 0 aliphatic heterocycles. The Balaban J connectivity index is 2.57. The van der Waals surface area contributed by atoms with Crippen molar-refractivity contribution in [1.29, 1.82) is 0 Å². The van der Waals surface area contributed by atoms with Gasteiger partial charge in [-0.05, 0) is 17.9 Å². The van der Waals surface area contributed by atoms with Gasteiger partial charge in [0.25, 0.3) is 0 Å². The van der Waals surface area contributed by atoms with E-state index >= 15 is 0 Å². The lowest BCUT2D eigenvalue weighted by atomic mass is 9.88. The summed E-state index contributed by atoms with van der Waals surface area (Å²) in [6.45, 7) is 9.37. The quantitative estimate of drug-likeness (QED) is 0.624. The zero-order valence-corrected chi connectivity index (χ0v) is 9.80. The van der Waals surface area contributed by atoms with Crippen LogP contribution >= 0.6 is 0 Å². The topological polar surface area (TPSA) is 20.2 Å². The average Bonchev–Trinajstić information content (AvgIpc) is 1.83. The standard InChI is InChI=1S/C10H22OSi/c1-8-5-6-10(9(11)7-8)12(2,3)4/h8-11H,5-7H2,1-4H3. The highest BCUT2D eigenvalue weighted by Crippen LogP contribution is 2.39. The van der Waals surface area contributed by atoms with Gasteiger partial charge >= 0.3 is 0 Å². The highest BCUT2D eigenvalue weighted by molar-refractivity contribution is 6.77. The lowest BCUT2D eigenvalue weighted by molar-refractivity contribution is 0.104. The second-order valence-electron chi connectivity index (χ2n) is 5.46. The Hall–Kier alpha value is 0.177. The van der Waals surface area contributed by atoms with E-state index in [1.807, 2.05) is 0 Å².